The number of phenols is 1. The van der Waals surface area contributed by atoms with Crippen molar-refractivity contribution in [1.82, 2.24) is 0 Å². The lowest BCUT2D eigenvalue weighted by Crippen LogP contribution is -1.90. The second-order valence-corrected chi connectivity index (χ2v) is 3.87. The van der Waals surface area contributed by atoms with Gasteiger partial charge in [-0.25, -0.2) is 0 Å². The highest BCUT2D eigenvalue weighted by Crippen LogP contribution is 2.14. The van der Waals surface area contributed by atoms with Gasteiger partial charge < -0.3 is 5.11 Å². The molecule has 0 fully saturated rings. The first kappa shape index (κ1) is 11.5. The lowest BCUT2D eigenvalue weighted by Gasteiger charge is -2.00. The number of aromatic hydroxyl groups is 1. The van der Waals surface area contributed by atoms with Gasteiger partial charge in [-0.15, -0.1) is 0 Å². The van der Waals surface area contributed by atoms with Crippen molar-refractivity contribution in [3.8, 4) is 5.75 Å². The van der Waals surface area contributed by atoms with Crippen LogP contribution in [0, 0.1) is 0 Å². The maximum Gasteiger partial charge on any atom is 0.124 e. The smallest absolute Gasteiger partial charge is 0.124 e. The largest absolute Gasteiger partial charge is 0.507 e. The summed E-state index contributed by atoms with van der Waals surface area (Å²) in [6, 6.07) is 14.2. The van der Waals surface area contributed by atoms with Crippen molar-refractivity contribution in [2.75, 3.05) is 5.43 Å². The van der Waals surface area contributed by atoms with Crippen LogP contribution in [0.25, 0.3) is 0 Å². The van der Waals surface area contributed by atoms with E-state index in [0.29, 0.717) is 10.6 Å². The summed E-state index contributed by atoms with van der Waals surface area (Å²) in [6.45, 7) is 0. The average molecular weight is 247 g/mol. The van der Waals surface area contributed by atoms with Crippen molar-refractivity contribution in [1.29, 1.82) is 0 Å². The zero-order valence-corrected chi connectivity index (χ0v) is 9.72. The van der Waals surface area contributed by atoms with E-state index in [4.69, 9.17) is 11.6 Å². The van der Waals surface area contributed by atoms with Gasteiger partial charge in [0.05, 0.1) is 11.9 Å². The third-order valence-electron chi connectivity index (χ3n) is 2.18. The Morgan fingerprint density at radius 1 is 1.06 bits per heavy atom. The Morgan fingerprint density at radius 3 is 2.47 bits per heavy atom. The Kier molecular flexibility index (Phi) is 3.62. The first-order valence-corrected chi connectivity index (χ1v) is 5.46. The van der Waals surface area contributed by atoms with Crippen molar-refractivity contribution in [3.63, 3.8) is 0 Å². The van der Waals surface area contributed by atoms with E-state index in [1.807, 2.05) is 18.2 Å². The molecule has 0 aliphatic carbocycles. The fourth-order valence-electron chi connectivity index (χ4n) is 1.30. The zero-order valence-electron chi connectivity index (χ0n) is 8.97. The molecule has 86 valence electrons. The second kappa shape index (κ2) is 5.37. The normalized spacial score (nSPS) is 10.6. The molecule has 0 unspecified atom stereocenters. The fraction of sp³-hybridized carbons (Fsp3) is 0. The molecule has 0 spiro atoms. The maximum absolute atomic E-state index is 9.51. The van der Waals surface area contributed by atoms with Crippen LogP contribution in [-0.4, -0.2) is 11.3 Å². The quantitative estimate of drug-likeness (QED) is 0.643. The summed E-state index contributed by atoms with van der Waals surface area (Å²) >= 11 is 5.76. The molecule has 0 amide bonds. The molecule has 0 radical (unpaired) electrons. The first-order valence-electron chi connectivity index (χ1n) is 5.08. The molecular formula is C13H11ClN2O. The number of halogens is 1. The molecule has 2 N–H and O–H groups in total. The highest BCUT2D eigenvalue weighted by Gasteiger charge is 1.94. The van der Waals surface area contributed by atoms with E-state index in [1.165, 1.54) is 0 Å². The molecule has 17 heavy (non-hydrogen) atoms. The Labute approximate surface area is 104 Å². The Hall–Kier alpha value is -2.00. The third-order valence-corrected chi connectivity index (χ3v) is 2.43. The van der Waals surface area contributed by atoms with Crippen molar-refractivity contribution < 1.29 is 5.11 Å². The molecule has 4 heteroatoms. The Bertz CT molecular complexity index is 523. The van der Waals surface area contributed by atoms with Gasteiger partial charge in [0.2, 0.25) is 0 Å². The number of phenolic OH excluding ortho intramolecular Hbond substituents is 1. The van der Waals surface area contributed by atoms with E-state index in [1.54, 1.807) is 36.5 Å². The summed E-state index contributed by atoms with van der Waals surface area (Å²) in [5.74, 6) is 0.203. The number of nitrogens with zero attached hydrogens (tertiary/aromatic N) is 1. The van der Waals surface area contributed by atoms with Crippen molar-refractivity contribution in [2.24, 2.45) is 5.10 Å². The molecule has 0 saturated heterocycles. The van der Waals surface area contributed by atoms with Crippen LogP contribution >= 0.6 is 11.6 Å². The predicted octanol–water partition coefficient (Wildman–Crippen LogP) is 3.49. The minimum absolute atomic E-state index is 0.203. The summed E-state index contributed by atoms with van der Waals surface area (Å²) in [4.78, 5) is 0. The summed E-state index contributed by atoms with van der Waals surface area (Å²) in [5.41, 5.74) is 4.34. The van der Waals surface area contributed by atoms with E-state index in [9.17, 15) is 5.11 Å². The van der Waals surface area contributed by atoms with Crippen LogP contribution < -0.4 is 5.43 Å². The molecule has 0 aliphatic rings. The number of hydrazone groups is 1. The van der Waals surface area contributed by atoms with Crippen LogP contribution in [0.4, 0.5) is 5.69 Å². The van der Waals surface area contributed by atoms with Gasteiger partial charge in [-0.2, -0.15) is 5.10 Å². The van der Waals surface area contributed by atoms with E-state index in [0.717, 1.165) is 5.69 Å². The summed E-state index contributed by atoms with van der Waals surface area (Å²) < 4.78 is 0. The van der Waals surface area contributed by atoms with E-state index in [-0.39, 0.29) is 5.75 Å². The lowest BCUT2D eigenvalue weighted by atomic mass is 10.2. The third kappa shape index (κ3) is 3.23. The van der Waals surface area contributed by atoms with Crippen molar-refractivity contribution in [3.05, 3.63) is 59.1 Å². The lowest BCUT2D eigenvalue weighted by molar-refractivity contribution is 0.474. The van der Waals surface area contributed by atoms with Crippen molar-refractivity contribution in [2.45, 2.75) is 0 Å². The van der Waals surface area contributed by atoms with Crippen LogP contribution in [0.1, 0.15) is 5.56 Å². The highest BCUT2D eigenvalue weighted by atomic mass is 35.5. The average Bonchev–Trinajstić information content (AvgIpc) is 2.34. The molecule has 0 atom stereocenters. The molecule has 2 aromatic carbocycles. The van der Waals surface area contributed by atoms with Gasteiger partial charge in [-0.05, 0) is 36.4 Å². The van der Waals surface area contributed by atoms with Crippen LogP contribution in [0.3, 0.4) is 0 Å². The van der Waals surface area contributed by atoms with Gasteiger partial charge in [-0.1, -0.05) is 23.7 Å². The van der Waals surface area contributed by atoms with Gasteiger partial charge in [0.15, 0.2) is 0 Å². The van der Waals surface area contributed by atoms with Crippen LogP contribution in [0.2, 0.25) is 5.02 Å². The van der Waals surface area contributed by atoms with Gasteiger partial charge in [0.1, 0.15) is 5.75 Å². The first-order chi connectivity index (χ1) is 8.25. The molecule has 3 nitrogen and oxygen atoms in total. The number of benzene rings is 2. The number of para-hydroxylation sites is 1. The number of hydrogen-bond donors (Lipinski definition) is 2. The molecule has 0 heterocycles. The molecular weight excluding hydrogens is 236 g/mol. The monoisotopic (exact) mass is 246 g/mol. The number of rotatable bonds is 3. The van der Waals surface area contributed by atoms with Gasteiger partial charge >= 0.3 is 0 Å². The Morgan fingerprint density at radius 2 is 1.76 bits per heavy atom. The highest BCUT2D eigenvalue weighted by molar-refractivity contribution is 6.30. The van der Waals surface area contributed by atoms with Crippen LogP contribution in [0.5, 0.6) is 5.75 Å². The van der Waals surface area contributed by atoms with Crippen LogP contribution in [-0.2, 0) is 0 Å². The zero-order chi connectivity index (χ0) is 12.1. The number of nitrogens with one attached hydrogen (secondary N) is 1. The molecule has 0 saturated carbocycles. The second-order valence-electron chi connectivity index (χ2n) is 3.44. The SMILES string of the molecule is Oc1ccccc1/C=N\Nc1ccc(Cl)cc1. The molecule has 0 aliphatic heterocycles. The molecule has 0 aromatic heterocycles. The topological polar surface area (TPSA) is 44.6 Å². The summed E-state index contributed by atoms with van der Waals surface area (Å²) in [6.07, 6.45) is 1.56. The maximum atomic E-state index is 9.51. The van der Waals surface area contributed by atoms with Crippen molar-refractivity contribution >= 4 is 23.5 Å². The summed E-state index contributed by atoms with van der Waals surface area (Å²) in [7, 11) is 0. The van der Waals surface area contributed by atoms with E-state index in [2.05, 4.69) is 10.5 Å². The van der Waals surface area contributed by atoms with E-state index < -0.39 is 0 Å². The number of hydrogen-bond acceptors (Lipinski definition) is 3. The summed E-state index contributed by atoms with van der Waals surface area (Å²) in [5, 5.41) is 14.2. The fourth-order valence-corrected chi connectivity index (χ4v) is 1.42. The van der Waals surface area contributed by atoms with E-state index >= 15 is 0 Å². The molecule has 0 bridgehead atoms. The predicted molar refractivity (Wildman–Crippen MR) is 70.8 cm³/mol. The minimum Gasteiger partial charge on any atom is -0.507 e. The van der Waals surface area contributed by atoms with Gasteiger partial charge in [0, 0.05) is 10.6 Å². The van der Waals surface area contributed by atoms with Gasteiger partial charge in [0.25, 0.3) is 0 Å². The minimum atomic E-state index is 0.203. The van der Waals surface area contributed by atoms with Crippen LogP contribution in [0.15, 0.2) is 53.6 Å². The van der Waals surface area contributed by atoms with Gasteiger partial charge in [-0.3, -0.25) is 5.43 Å². The standard InChI is InChI=1S/C13H11ClN2O/c14-11-5-7-12(8-6-11)16-15-9-10-3-1-2-4-13(10)17/h1-9,16-17H/b15-9-. The Balaban J connectivity index is 2.03. The molecule has 2 rings (SSSR count). The molecule has 2 aromatic rings. The number of anilines is 1.